The van der Waals surface area contributed by atoms with E-state index in [2.05, 4.69) is 22.0 Å². The van der Waals surface area contributed by atoms with Gasteiger partial charge in [-0.2, -0.15) is 10.5 Å². The monoisotopic (exact) mass is 294 g/mol. The van der Waals surface area contributed by atoms with Gasteiger partial charge >= 0.3 is 0 Å². The third-order valence-electron chi connectivity index (χ3n) is 1.82. The van der Waals surface area contributed by atoms with E-state index in [0.29, 0.717) is 11.1 Å². The summed E-state index contributed by atoms with van der Waals surface area (Å²) in [6.07, 6.45) is 0. The van der Waals surface area contributed by atoms with Crippen LogP contribution in [0.1, 0.15) is 11.1 Å². The summed E-state index contributed by atoms with van der Waals surface area (Å²) in [6, 6.07) is 7.99. The average molecular weight is 295 g/mol. The van der Waals surface area contributed by atoms with Gasteiger partial charge in [-0.1, -0.05) is 0 Å². The fraction of sp³-hybridized carbons (Fsp3) is 0. The van der Waals surface area contributed by atoms with Gasteiger partial charge in [0.15, 0.2) is 0 Å². The molecule has 2 heterocycles. The summed E-state index contributed by atoms with van der Waals surface area (Å²) in [5.74, 6) is 0. The Bertz CT molecular complexity index is 583. The van der Waals surface area contributed by atoms with Crippen LogP contribution in [0.4, 0.5) is 0 Å². The summed E-state index contributed by atoms with van der Waals surface area (Å²) >= 11 is 6.37. The molecule has 2 aromatic heterocycles. The van der Waals surface area contributed by atoms with Gasteiger partial charge in [-0.05, 0) is 28.1 Å². The molecule has 0 unspecified atom stereocenters. The molecule has 72 valence electrons. The molecule has 2 rings (SSSR count). The van der Waals surface area contributed by atoms with Gasteiger partial charge in [0, 0.05) is 10.3 Å². The molecule has 15 heavy (non-hydrogen) atoms. The van der Waals surface area contributed by atoms with E-state index in [1.807, 2.05) is 18.2 Å². The molecule has 0 aliphatic heterocycles. The highest BCUT2D eigenvalue weighted by atomic mass is 79.9. The molecule has 0 aliphatic rings. The molecule has 0 amide bonds. The molecule has 5 heteroatoms. The van der Waals surface area contributed by atoms with Crippen LogP contribution in [0.2, 0.25) is 0 Å². The second-order valence-electron chi connectivity index (χ2n) is 2.68. The first-order valence-electron chi connectivity index (χ1n) is 3.93. The molecule has 0 aromatic carbocycles. The lowest BCUT2D eigenvalue weighted by Gasteiger charge is -1.91. The molecule has 2 nitrogen and oxygen atoms in total. The Kier molecular flexibility index (Phi) is 2.88. The topological polar surface area (TPSA) is 47.6 Å². The van der Waals surface area contributed by atoms with E-state index in [4.69, 9.17) is 10.5 Å². The molecule has 0 saturated heterocycles. The molecule has 0 saturated carbocycles. The lowest BCUT2D eigenvalue weighted by atomic mass is 10.1. The summed E-state index contributed by atoms with van der Waals surface area (Å²) in [5, 5.41) is 19.5. The predicted octanol–water partition coefficient (Wildman–Crippen LogP) is 3.98. The Hall–Kier alpha value is -1.14. The Morgan fingerprint density at radius 3 is 2.53 bits per heavy atom. The second-order valence-corrected chi connectivity index (χ2v) is 6.02. The van der Waals surface area contributed by atoms with Crippen LogP contribution < -0.4 is 0 Å². The van der Waals surface area contributed by atoms with Crippen molar-refractivity contribution in [1.82, 2.24) is 0 Å². The minimum atomic E-state index is 0.460. The molecule has 0 aliphatic carbocycles. The van der Waals surface area contributed by atoms with Gasteiger partial charge in [0.25, 0.3) is 0 Å². The van der Waals surface area contributed by atoms with Crippen molar-refractivity contribution < 1.29 is 0 Å². The van der Waals surface area contributed by atoms with Crippen LogP contribution in [-0.4, -0.2) is 0 Å². The summed E-state index contributed by atoms with van der Waals surface area (Å²) in [7, 11) is 0. The first-order chi connectivity index (χ1) is 7.26. The van der Waals surface area contributed by atoms with Crippen LogP contribution in [0.5, 0.6) is 0 Å². The van der Waals surface area contributed by atoms with Crippen molar-refractivity contribution in [3.63, 3.8) is 0 Å². The van der Waals surface area contributed by atoms with Crippen LogP contribution in [0, 0.1) is 22.7 Å². The fourth-order valence-electron chi connectivity index (χ4n) is 1.17. The standard InChI is InChI=1S/C10H3BrN2S2/c11-9-2-1-8(15-9)10-7(4-13)6(3-12)5-14-10/h1-2,5H. The van der Waals surface area contributed by atoms with Crippen molar-refractivity contribution in [1.29, 1.82) is 10.5 Å². The van der Waals surface area contributed by atoms with E-state index in [0.717, 1.165) is 13.5 Å². The Morgan fingerprint density at radius 1 is 1.20 bits per heavy atom. The maximum atomic E-state index is 8.99. The number of nitrogens with zero attached hydrogens (tertiary/aromatic N) is 2. The van der Waals surface area contributed by atoms with Gasteiger partial charge in [-0.15, -0.1) is 22.7 Å². The van der Waals surface area contributed by atoms with E-state index >= 15 is 0 Å². The van der Waals surface area contributed by atoms with E-state index in [1.165, 1.54) is 11.3 Å². The number of thiophene rings is 2. The average Bonchev–Trinajstić information content (AvgIpc) is 2.82. The molecule has 2 aromatic rings. The van der Waals surface area contributed by atoms with Gasteiger partial charge < -0.3 is 0 Å². The van der Waals surface area contributed by atoms with Gasteiger partial charge in [0.2, 0.25) is 0 Å². The maximum Gasteiger partial charge on any atom is 0.102 e. The first-order valence-corrected chi connectivity index (χ1v) is 6.42. The molecule has 0 atom stereocenters. The van der Waals surface area contributed by atoms with E-state index in [-0.39, 0.29) is 0 Å². The lowest BCUT2D eigenvalue weighted by Crippen LogP contribution is -1.77. The number of halogens is 1. The zero-order valence-electron chi connectivity index (χ0n) is 7.32. The van der Waals surface area contributed by atoms with Crippen LogP contribution in [0.3, 0.4) is 0 Å². The smallest absolute Gasteiger partial charge is 0.102 e. The first kappa shape index (κ1) is 10.4. The number of hydrogen-bond acceptors (Lipinski definition) is 4. The quantitative estimate of drug-likeness (QED) is 0.798. The highest BCUT2D eigenvalue weighted by Crippen LogP contribution is 2.38. The minimum Gasteiger partial charge on any atom is -0.192 e. The number of nitriles is 2. The SMILES string of the molecule is N#Cc1csc(-c2ccc(Br)s2)c1C#N. The Morgan fingerprint density at radius 2 is 2.00 bits per heavy atom. The summed E-state index contributed by atoms with van der Waals surface area (Å²) < 4.78 is 1.02. The largest absolute Gasteiger partial charge is 0.192 e. The van der Waals surface area contributed by atoms with Crippen molar-refractivity contribution in [2.45, 2.75) is 0 Å². The van der Waals surface area contributed by atoms with Crippen LogP contribution in [-0.2, 0) is 0 Å². The molecular formula is C10H3BrN2S2. The predicted molar refractivity (Wildman–Crippen MR) is 64.8 cm³/mol. The normalized spacial score (nSPS) is 9.53. The zero-order valence-corrected chi connectivity index (χ0v) is 10.5. The zero-order chi connectivity index (χ0) is 10.8. The van der Waals surface area contributed by atoms with Crippen molar-refractivity contribution in [2.75, 3.05) is 0 Å². The summed E-state index contributed by atoms with van der Waals surface area (Å²) in [6.45, 7) is 0. The van der Waals surface area contributed by atoms with Crippen LogP contribution in [0.15, 0.2) is 21.3 Å². The van der Waals surface area contributed by atoms with E-state index < -0.39 is 0 Å². The number of hydrogen-bond donors (Lipinski definition) is 0. The highest BCUT2D eigenvalue weighted by molar-refractivity contribution is 9.11. The van der Waals surface area contributed by atoms with E-state index in [9.17, 15) is 0 Å². The molecule has 0 radical (unpaired) electrons. The molecule has 0 N–H and O–H groups in total. The van der Waals surface area contributed by atoms with Gasteiger partial charge in [0.1, 0.15) is 12.1 Å². The minimum absolute atomic E-state index is 0.460. The third-order valence-corrected chi connectivity index (χ3v) is 4.60. The highest BCUT2D eigenvalue weighted by Gasteiger charge is 2.14. The van der Waals surface area contributed by atoms with Crippen LogP contribution >= 0.6 is 38.6 Å². The fourth-order valence-corrected chi connectivity index (χ4v) is 3.63. The van der Waals surface area contributed by atoms with Crippen molar-refractivity contribution in [3.8, 4) is 21.9 Å². The lowest BCUT2D eigenvalue weighted by molar-refractivity contribution is 1.47. The number of rotatable bonds is 1. The molecule has 0 spiro atoms. The Labute approximate surface area is 103 Å². The van der Waals surface area contributed by atoms with Crippen molar-refractivity contribution in [2.24, 2.45) is 0 Å². The Balaban J connectivity index is 2.61. The van der Waals surface area contributed by atoms with Gasteiger partial charge in [0.05, 0.1) is 19.8 Å². The van der Waals surface area contributed by atoms with Crippen molar-refractivity contribution in [3.05, 3.63) is 32.4 Å². The second kappa shape index (κ2) is 4.16. The van der Waals surface area contributed by atoms with Crippen molar-refractivity contribution >= 4 is 38.6 Å². The molecule has 0 fully saturated rings. The van der Waals surface area contributed by atoms with Gasteiger partial charge in [-0.3, -0.25) is 0 Å². The van der Waals surface area contributed by atoms with Gasteiger partial charge in [-0.25, -0.2) is 0 Å². The molecule has 0 bridgehead atoms. The van der Waals surface area contributed by atoms with E-state index in [1.54, 1.807) is 16.7 Å². The molecular weight excluding hydrogens is 292 g/mol. The summed E-state index contributed by atoms with van der Waals surface area (Å²) in [4.78, 5) is 1.90. The van der Waals surface area contributed by atoms with Crippen LogP contribution in [0.25, 0.3) is 9.75 Å². The summed E-state index contributed by atoms with van der Waals surface area (Å²) in [5.41, 5.74) is 0.943. The maximum absolute atomic E-state index is 8.99. The third kappa shape index (κ3) is 1.82.